The van der Waals surface area contributed by atoms with Gasteiger partial charge in [0.1, 0.15) is 0 Å². The van der Waals surface area contributed by atoms with E-state index >= 15 is 0 Å². The molecule has 0 unspecified atom stereocenters. The van der Waals surface area contributed by atoms with Crippen LogP contribution in [0.15, 0.2) is 35.3 Å². The summed E-state index contributed by atoms with van der Waals surface area (Å²) in [7, 11) is 0. The van der Waals surface area contributed by atoms with E-state index in [-0.39, 0.29) is 35.9 Å². The number of aliphatic imine (C=N–C) groups is 1. The first-order valence-electron chi connectivity index (χ1n) is 8.20. The maximum Gasteiger partial charge on any atom is 0.224 e. The molecule has 1 aliphatic heterocycles. The van der Waals surface area contributed by atoms with Crippen LogP contribution < -0.4 is 16.0 Å². The van der Waals surface area contributed by atoms with Crippen LogP contribution in [0, 0.1) is 0 Å². The molecule has 1 aromatic carbocycles. The van der Waals surface area contributed by atoms with Crippen molar-refractivity contribution in [2.75, 3.05) is 37.6 Å². The number of halogens is 1. The Labute approximate surface area is 161 Å². The van der Waals surface area contributed by atoms with Crippen LogP contribution in [-0.2, 0) is 4.79 Å². The first-order valence-corrected chi connectivity index (χ1v) is 8.20. The van der Waals surface area contributed by atoms with E-state index in [1.54, 1.807) is 0 Å². The Morgan fingerprint density at radius 2 is 1.83 bits per heavy atom. The molecule has 0 atom stereocenters. The summed E-state index contributed by atoms with van der Waals surface area (Å²) >= 11 is 0. The molecule has 7 heteroatoms. The summed E-state index contributed by atoms with van der Waals surface area (Å²) in [5.41, 5.74) is 6.95. The number of hydrogen-bond donors (Lipinski definition) is 2. The van der Waals surface area contributed by atoms with Crippen molar-refractivity contribution < 1.29 is 4.79 Å². The van der Waals surface area contributed by atoms with Gasteiger partial charge in [-0.2, -0.15) is 0 Å². The maximum atomic E-state index is 12.2. The quantitative estimate of drug-likeness (QED) is 0.411. The Bertz CT molecular complexity index is 527. The van der Waals surface area contributed by atoms with Crippen LogP contribution in [0.25, 0.3) is 0 Å². The van der Waals surface area contributed by atoms with Gasteiger partial charge in [-0.05, 0) is 26.0 Å². The molecule has 1 aromatic rings. The van der Waals surface area contributed by atoms with Crippen LogP contribution in [0.1, 0.15) is 20.3 Å². The summed E-state index contributed by atoms with van der Waals surface area (Å²) in [5, 5.41) is 3.02. The van der Waals surface area contributed by atoms with Gasteiger partial charge in [0.25, 0.3) is 0 Å². The smallest absolute Gasteiger partial charge is 0.224 e. The monoisotopic (exact) mass is 445 g/mol. The van der Waals surface area contributed by atoms with E-state index in [0.29, 0.717) is 18.9 Å². The Balaban J connectivity index is 0.00000288. The highest BCUT2D eigenvalue weighted by atomic mass is 127. The van der Waals surface area contributed by atoms with Crippen LogP contribution >= 0.6 is 24.0 Å². The van der Waals surface area contributed by atoms with Gasteiger partial charge >= 0.3 is 0 Å². The van der Waals surface area contributed by atoms with Crippen molar-refractivity contribution in [2.45, 2.75) is 26.3 Å². The largest absolute Gasteiger partial charge is 0.370 e. The Morgan fingerprint density at radius 1 is 1.21 bits per heavy atom. The fourth-order valence-corrected chi connectivity index (χ4v) is 2.62. The average molecular weight is 445 g/mol. The van der Waals surface area contributed by atoms with Crippen molar-refractivity contribution in [2.24, 2.45) is 10.7 Å². The van der Waals surface area contributed by atoms with Crippen LogP contribution in [0.2, 0.25) is 0 Å². The Morgan fingerprint density at radius 3 is 2.42 bits per heavy atom. The zero-order valence-corrected chi connectivity index (χ0v) is 16.8. The zero-order chi connectivity index (χ0) is 16.7. The average Bonchev–Trinajstić information content (AvgIpc) is 2.55. The highest BCUT2D eigenvalue weighted by molar-refractivity contribution is 14.0. The molecular formula is C17H28IN5O. The number of nitrogens with one attached hydrogen (secondary N) is 1. The van der Waals surface area contributed by atoms with Gasteiger partial charge in [0.05, 0.1) is 6.54 Å². The van der Waals surface area contributed by atoms with Crippen LogP contribution in [0.5, 0.6) is 0 Å². The molecule has 2 rings (SSSR count). The summed E-state index contributed by atoms with van der Waals surface area (Å²) in [6.07, 6.45) is 0.409. The van der Waals surface area contributed by atoms with Crippen molar-refractivity contribution in [3.05, 3.63) is 30.3 Å². The lowest BCUT2D eigenvalue weighted by atomic mass is 10.2. The third-order valence-electron chi connectivity index (χ3n) is 3.80. The molecular weight excluding hydrogens is 417 g/mol. The second-order valence-corrected chi connectivity index (χ2v) is 6.02. The van der Waals surface area contributed by atoms with Crippen molar-refractivity contribution >= 4 is 41.5 Å². The van der Waals surface area contributed by atoms with Gasteiger partial charge in [-0.3, -0.25) is 9.79 Å². The molecule has 1 amide bonds. The number of nitrogens with two attached hydrogens (primary N) is 1. The van der Waals surface area contributed by atoms with Crippen molar-refractivity contribution in [3.63, 3.8) is 0 Å². The molecule has 0 bridgehead atoms. The van der Waals surface area contributed by atoms with Crippen LogP contribution in [0.4, 0.5) is 5.69 Å². The number of hydrogen-bond acceptors (Lipinski definition) is 3. The molecule has 0 saturated carbocycles. The third kappa shape index (κ3) is 6.54. The van der Waals surface area contributed by atoms with E-state index in [0.717, 1.165) is 26.2 Å². The lowest BCUT2D eigenvalue weighted by molar-refractivity contribution is -0.131. The predicted molar refractivity (Wildman–Crippen MR) is 110 cm³/mol. The lowest BCUT2D eigenvalue weighted by Gasteiger charge is -2.36. The van der Waals surface area contributed by atoms with E-state index in [2.05, 4.69) is 27.3 Å². The molecule has 1 fully saturated rings. The number of amides is 1. The highest BCUT2D eigenvalue weighted by Gasteiger charge is 2.20. The zero-order valence-electron chi connectivity index (χ0n) is 14.4. The molecule has 6 nitrogen and oxygen atoms in total. The minimum Gasteiger partial charge on any atom is -0.370 e. The van der Waals surface area contributed by atoms with E-state index < -0.39 is 0 Å². The summed E-state index contributed by atoms with van der Waals surface area (Å²) in [4.78, 5) is 20.6. The third-order valence-corrected chi connectivity index (χ3v) is 3.80. The van der Waals surface area contributed by atoms with E-state index in [1.165, 1.54) is 5.69 Å². The number of carbonyl (C=O) groups excluding carboxylic acids is 1. The second-order valence-electron chi connectivity index (χ2n) is 6.02. The predicted octanol–water partition coefficient (Wildman–Crippen LogP) is 1.66. The minimum atomic E-state index is 0. The van der Waals surface area contributed by atoms with E-state index in [1.807, 2.05) is 36.9 Å². The minimum absolute atomic E-state index is 0. The van der Waals surface area contributed by atoms with Crippen molar-refractivity contribution in [1.29, 1.82) is 0 Å². The molecule has 0 spiro atoms. The van der Waals surface area contributed by atoms with E-state index in [9.17, 15) is 4.79 Å². The standard InChI is InChI=1S/C17H27N5O.HI/c1-14(2)20-17(18)19-9-8-16(23)22-12-10-21(11-13-22)15-6-4-3-5-7-15;/h3-7,14H,8-13H2,1-2H3,(H3,18,19,20);1H. The number of guanidine groups is 1. The van der Waals surface area contributed by atoms with Crippen molar-refractivity contribution in [1.82, 2.24) is 10.2 Å². The fraction of sp³-hybridized carbons (Fsp3) is 0.529. The van der Waals surface area contributed by atoms with Gasteiger partial charge < -0.3 is 20.9 Å². The highest BCUT2D eigenvalue weighted by Crippen LogP contribution is 2.15. The molecule has 1 aliphatic rings. The number of piperazine rings is 1. The van der Waals surface area contributed by atoms with Gasteiger partial charge in [-0.25, -0.2) is 0 Å². The SMILES string of the molecule is CC(C)NC(N)=NCCC(=O)N1CCN(c2ccccc2)CC1.I. The molecule has 1 heterocycles. The first kappa shape index (κ1) is 20.5. The molecule has 0 aliphatic carbocycles. The topological polar surface area (TPSA) is 74.0 Å². The lowest BCUT2D eigenvalue weighted by Crippen LogP contribution is -2.49. The summed E-state index contributed by atoms with van der Waals surface area (Å²) in [6.45, 7) is 7.70. The normalized spacial score (nSPS) is 15.2. The Hall–Kier alpha value is -1.51. The maximum absolute atomic E-state index is 12.2. The number of anilines is 1. The fourth-order valence-electron chi connectivity index (χ4n) is 2.62. The van der Waals surface area contributed by atoms with Crippen LogP contribution in [0.3, 0.4) is 0 Å². The van der Waals surface area contributed by atoms with Crippen molar-refractivity contribution in [3.8, 4) is 0 Å². The number of rotatable bonds is 5. The first-order chi connectivity index (χ1) is 11.1. The van der Waals surface area contributed by atoms with Gasteiger partial charge in [0.15, 0.2) is 5.96 Å². The molecule has 134 valence electrons. The molecule has 0 radical (unpaired) electrons. The molecule has 1 saturated heterocycles. The van der Waals surface area contributed by atoms with Gasteiger partial charge in [0, 0.05) is 44.3 Å². The summed E-state index contributed by atoms with van der Waals surface area (Å²) in [5.74, 6) is 0.556. The Kier molecular flexibility index (Phi) is 8.88. The van der Waals surface area contributed by atoms with Gasteiger partial charge in [0.2, 0.25) is 5.91 Å². The number of para-hydroxylation sites is 1. The number of benzene rings is 1. The summed E-state index contributed by atoms with van der Waals surface area (Å²) in [6, 6.07) is 10.6. The summed E-state index contributed by atoms with van der Waals surface area (Å²) < 4.78 is 0. The number of nitrogens with zero attached hydrogens (tertiary/aromatic N) is 3. The second kappa shape index (κ2) is 10.4. The van der Waals surface area contributed by atoms with Gasteiger partial charge in [-0.1, -0.05) is 18.2 Å². The van der Waals surface area contributed by atoms with Crippen LogP contribution in [-0.4, -0.2) is 55.5 Å². The number of carbonyl (C=O) groups is 1. The molecule has 3 N–H and O–H groups in total. The molecule has 0 aromatic heterocycles. The molecule has 24 heavy (non-hydrogen) atoms. The van der Waals surface area contributed by atoms with E-state index in [4.69, 9.17) is 5.73 Å². The van der Waals surface area contributed by atoms with Gasteiger partial charge in [-0.15, -0.1) is 24.0 Å².